The van der Waals surface area contributed by atoms with Crippen LogP contribution in [-0.2, 0) is 4.52 Å². The van der Waals surface area contributed by atoms with Gasteiger partial charge in [0.25, 0.3) is 0 Å². The molecule has 4 heteroatoms. The maximum Gasteiger partial charge on any atom is 0.188 e. The van der Waals surface area contributed by atoms with Crippen LogP contribution in [0.25, 0.3) is 0 Å². The van der Waals surface area contributed by atoms with Gasteiger partial charge in [-0.05, 0) is 54.9 Å². The first-order chi connectivity index (χ1) is 7.59. The van der Waals surface area contributed by atoms with Gasteiger partial charge in [0.05, 0.1) is 0 Å². The predicted molar refractivity (Wildman–Crippen MR) is 76.1 cm³/mol. The summed E-state index contributed by atoms with van der Waals surface area (Å²) >= 11 is 0. The fourth-order valence-electron chi connectivity index (χ4n) is 2.50. The maximum atomic E-state index is 5.86. The molecule has 0 bridgehead atoms. The molecule has 1 heterocycles. The molecule has 17 heavy (non-hydrogen) atoms. The minimum atomic E-state index is -0.645. The van der Waals surface area contributed by atoms with Gasteiger partial charge in [0.15, 0.2) is 8.45 Å². The molecular weight excluding hydrogens is 231 g/mol. The fraction of sp³-hybridized carbons (Fsp3) is 1.00. The summed E-state index contributed by atoms with van der Waals surface area (Å²) in [5, 5.41) is 0. The van der Waals surface area contributed by atoms with Crippen molar-refractivity contribution >= 4 is 8.45 Å². The van der Waals surface area contributed by atoms with Crippen LogP contribution in [0.5, 0.6) is 0 Å². The summed E-state index contributed by atoms with van der Waals surface area (Å²) in [6.45, 7) is 17.1. The van der Waals surface area contributed by atoms with Gasteiger partial charge in [-0.2, -0.15) is 0 Å². The van der Waals surface area contributed by atoms with Gasteiger partial charge in [0.1, 0.15) is 0 Å². The summed E-state index contributed by atoms with van der Waals surface area (Å²) < 4.78 is 10.9. The fourth-order valence-corrected chi connectivity index (χ4v) is 4.87. The summed E-state index contributed by atoms with van der Waals surface area (Å²) in [4.78, 5) is 0. The zero-order valence-corrected chi connectivity index (χ0v) is 13.6. The Kier molecular flexibility index (Phi) is 4.63. The average Bonchev–Trinajstić information content (AvgIpc) is 2.12. The van der Waals surface area contributed by atoms with E-state index in [2.05, 4.69) is 57.8 Å². The van der Waals surface area contributed by atoms with Crippen molar-refractivity contribution in [2.24, 2.45) is 0 Å². The topological polar surface area (TPSA) is 15.7 Å². The van der Waals surface area contributed by atoms with Crippen molar-refractivity contribution in [1.82, 2.24) is 9.34 Å². The second-order valence-electron chi connectivity index (χ2n) is 6.88. The summed E-state index contributed by atoms with van der Waals surface area (Å²) in [6.07, 6.45) is 1.22. The van der Waals surface area contributed by atoms with E-state index in [1.165, 1.54) is 6.42 Å². The first kappa shape index (κ1) is 15.4. The Morgan fingerprint density at radius 1 is 1.06 bits per heavy atom. The van der Waals surface area contributed by atoms with E-state index in [0.29, 0.717) is 6.04 Å². The van der Waals surface area contributed by atoms with Crippen molar-refractivity contribution in [2.45, 2.75) is 72.0 Å². The molecule has 2 atom stereocenters. The summed E-state index contributed by atoms with van der Waals surface area (Å²) in [7, 11) is 1.20. The highest BCUT2D eigenvalue weighted by molar-refractivity contribution is 7.47. The van der Waals surface area contributed by atoms with Crippen molar-refractivity contribution in [2.75, 3.05) is 13.7 Å². The highest BCUT2D eigenvalue weighted by Gasteiger charge is 2.44. The zero-order chi connectivity index (χ0) is 13.4. The van der Waals surface area contributed by atoms with E-state index in [-0.39, 0.29) is 11.1 Å². The molecule has 0 radical (unpaired) electrons. The molecule has 3 nitrogen and oxygen atoms in total. The van der Waals surface area contributed by atoms with Crippen LogP contribution in [0.2, 0.25) is 0 Å². The van der Waals surface area contributed by atoms with Gasteiger partial charge in [-0.15, -0.1) is 0 Å². The Bertz CT molecular complexity index is 257. The van der Waals surface area contributed by atoms with Crippen LogP contribution in [0.15, 0.2) is 0 Å². The van der Waals surface area contributed by atoms with Crippen LogP contribution in [0.1, 0.15) is 54.9 Å². The minimum absolute atomic E-state index is 0.158. The Labute approximate surface area is 108 Å². The van der Waals surface area contributed by atoms with Crippen LogP contribution in [0.3, 0.4) is 0 Å². The van der Waals surface area contributed by atoms with E-state index >= 15 is 0 Å². The van der Waals surface area contributed by atoms with E-state index in [4.69, 9.17) is 4.52 Å². The molecule has 0 aromatic heterocycles. The molecule has 0 aromatic rings. The average molecular weight is 260 g/mol. The smallest absolute Gasteiger partial charge is 0.188 e. The van der Waals surface area contributed by atoms with Crippen LogP contribution in [-0.4, -0.2) is 40.1 Å². The second-order valence-corrected chi connectivity index (χ2v) is 8.67. The quantitative estimate of drug-likeness (QED) is 0.666. The van der Waals surface area contributed by atoms with Crippen molar-refractivity contribution < 1.29 is 4.52 Å². The van der Waals surface area contributed by atoms with Crippen LogP contribution in [0.4, 0.5) is 0 Å². The first-order valence-corrected chi connectivity index (χ1v) is 7.66. The van der Waals surface area contributed by atoms with Crippen LogP contribution in [0, 0.1) is 0 Å². The third-order valence-electron chi connectivity index (χ3n) is 3.19. The van der Waals surface area contributed by atoms with E-state index in [1.54, 1.807) is 0 Å². The monoisotopic (exact) mass is 260 g/mol. The van der Waals surface area contributed by atoms with Gasteiger partial charge in [-0.25, -0.2) is 9.34 Å². The van der Waals surface area contributed by atoms with Crippen LogP contribution < -0.4 is 0 Å². The third-order valence-corrected chi connectivity index (χ3v) is 6.09. The maximum absolute atomic E-state index is 5.86. The van der Waals surface area contributed by atoms with E-state index < -0.39 is 8.45 Å². The van der Waals surface area contributed by atoms with E-state index in [1.807, 2.05) is 7.11 Å². The van der Waals surface area contributed by atoms with Crippen molar-refractivity contribution in [3.63, 3.8) is 0 Å². The predicted octanol–water partition coefficient (Wildman–Crippen LogP) is 3.85. The lowest BCUT2D eigenvalue weighted by atomic mass is 10.0. The molecule has 0 amide bonds. The summed E-state index contributed by atoms with van der Waals surface area (Å²) in [5.41, 5.74) is 0.330. The Morgan fingerprint density at radius 2 is 1.59 bits per heavy atom. The molecule has 0 N–H and O–H groups in total. The zero-order valence-electron chi connectivity index (χ0n) is 12.7. The normalized spacial score (nSPS) is 29.6. The largest absolute Gasteiger partial charge is 0.335 e. The number of nitrogens with zero attached hydrogens (tertiary/aromatic N) is 2. The Hall–Kier alpha value is 0.310. The number of hydrogen-bond donors (Lipinski definition) is 0. The van der Waals surface area contributed by atoms with Gasteiger partial charge in [0.2, 0.25) is 0 Å². The minimum Gasteiger partial charge on any atom is -0.335 e. The van der Waals surface area contributed by atoms with Gasteiger partial charge in [-0.1, -0.05) is 0 Å². The van der Waals surface area contributed by atoms with Gasteiger partial charge >= 0.3 is 0 Å². The molecule has 1 fully saturated rings. The standard InChI is InChI=1S/C13H29N2OP/c1-11-9-10-14(12(2,3)4)17(16-8)15(11)13(5,6)7/h11H,9-10H2,1-8H3/t11-,17-/m0/s1. The summed E-state index contributed by atoms with van der Waals surface area (Å²) in [5.74, 6) is 0. The molecule has 0 saturated carbocycles. The van der Waals surface area contributed by atoms with Crippen molar-refractivity contribution in [1.29, 1.82) is 0 Å². The third kappa shape index (κ3) is 3.41. The van der Waals surface area contributed by atoms with E-state index in [9.17, 15) is 0 Å². The lowest BCUT2D eigenvalue weighted by Crippen LogP contribution is -2.54. The number of rotatable bonds is 1. The molecule has 0 aliphatic carbocycles. The number of hydrogen-bond acceptors (Lipinski definition) is 3. The first-order valence-electron chi connectivity index (χ1n) is 6.50. The lowest BCUT2D eigenvalue weighted by molar-refractivity contribution is 0.0989. The van der Waals surface area contributed by atoms with Gasteiger partial charge < -0.3 is 4.52 Å². The van der Waals surface area contributed by atoms with Gasteiger partial charge in [0, 0.05) is 30.8 Å². The second kappa shape index (κ2) is 5.13. The molecule has 0 unspecified atom stereocenters. The molecule has 1 aliphatic rings. The Morgan fingerprint density at radius 3 is 1.94 bits per heavy atom. The van der Waals surface area contributed by atoms with E-state index in [0.717, 1.165) is 6.54 Å². The Balaban J connectivity index is 3.01. The molecule has 1 aliphatic heterocycles. The molecule has 1 rings (SSSR count). The highest BCUT2D eigenvalue weighted by Crippen LogP contribution is 2.56. The molecule has 1 saturated heterocycles. The molecular formula is C13H29N2OP. The molecule has 102 valence electrons. The summed E-state index contributed by atoms with van der Waals surface area (Å²) in [6, 6.07) is 0.597. The van der Waals surface area contributed by atoms with Gasteiger partial charge in [-0.3, -0.25) is 0 Å². The molecule has 0 aromatic carbocycles. The SMILES string of the molecule is CO[P@@]1N(C(C)(C)C)CC[C@H](C)N1C(C)(C)C. The van der Waals surface area contributed by atoms with Crippen molar-refractivity contribution in [3.05, 3.63) is 0 Å². The highest BCUT2D eigenvalue weighted by atomic mass is 31.2. The van der Waals surface area contributed by atoms with Crippen molar-refractivity contribution in [3.8, 4) is 0 Å². The molecule has 0 spiro atoms. The lowest BCUT2D eigenvalue weighted by Gasteiger charge is -2.54. The van der Waals surface area contributed by atoms with Crippen LogP contribution >= 0.6 is 8.45 Å².